The number of halogens is 1. The van der Waals surface area contributed by atoms with Crippen molar-refractivity contribution in [1.82, 2.24) is 15.1 Å². The van der Waals surface area contributed by atoms with E-state index in [0.29, 0.717) is 6.04 Å². The van der Waals surface area contributed by atoms with Gasteiger partial charge in [0.1, 0.15) is 0 Å². The highest BCUT2D eigenvalue weighted by atomic mass is 127. The van der Waals surface area contributed by atoms with E-state index in [0.717, 1.165) is 50.0 Å². The lowest BCUT2D eigenvalue weighted by Crippen LogP contribution is -2.49. The highest BCUT2D eigenvalue weighted by Crippen LogP contribution is 2.27. The molecule has 2 fully saturated rings. The predicted octanol–water partition coefficient (Wildman–Crippen LogP) is 3.03. The van der Waals surface area contributed by atoms with Crippen molar-refractivity contribution in [2.45, 2.75) is 59.0 Å². The molecule has 4 nitrogen and oxygen atoms in total. The first-order valence-electron chi connectivity index (χ1n) is 8.76. The van der Waals surface area contributed by atoms with Gasteiger partial charge in [-0.05, 0) is 52.0 Å². The summed E-state index contributed by atoms with van der Waals surface area (Å²) in [6.45, 7) is 13.3. The first-order chi connectivity index (χ1) is 10.0. The van der Waals surface area contributed by atoms with Crippen molar-refractivity contribution in [3.05, 3.63) is 0 Å². The third-order valence-corrected chi connectivity index (χ3v) is 4.83. The first-order valence-corrected chi connectivity index (χ1v) is 8.76. The number of likely N-dealkylation sites (N-methyl/N-ethyl adjacent to an activating group) is 1. The minimum absolute atomic E-state index is 0. The Morgan fingerprint density at radius 2 is 1.86 bits per heavy atom. The van der Waals surface area contributed by atoms with Crippen LogP contribution in [0.25, 0.3) is 0 Å². The Kier molecular flexibility index (Phi) is 8.46. The van der Waals surface area contributed by atoms with E-state index in [-0.39, 0.29) is 24.0 Å². The Bertz CT molecular complexity index is 347. The number of nitrogens with one attached hydrogen (secondary N) is 1. The maximum absolute atomic E-state index is 4.93. The van der Waals surface area contributed by atoms with Crippen LogP contribution in [0.2, 0.25) is 0 Å². The summed E-state index contributed by atoms with van der Waals surface area (Å²) in [7, 11) is 2.25. The minimum atomic E-state index is 0. The van der Waals surface area contributed by atoms with Gasteiger partial charge < -0.3 is 10.2 Å². The lowest BCUT2D eigenvalue weighted by Gasteiger charge is -2.37. The highest BCUT2D eigenvalue weighted by Gasteiger charge is 2.29. The van der Waals surface area contributed by atoms with Crippen LogP contribution in [0.5, 0.6) is 0 Å². The molecule has 1 saturated carbocycles. The van der Waals surface area contributed by atoms with Crippen molar-refractivity contribution in [3.8, 4) is 0 Å². The van der Waals surface area contributed by atoms with Crippen LogP contribution in [-0.2, 0) is 0 Å². The number of likely N-dealkylation sites (tertiary alicyclic amines) is 1. The van der Waals surface area contributed by atoms with Crippen molar-refractivity contribution in [1.29, 1.82) is 0 Å². The number of hydrogen-bond donors (Lipinski definition) is 1. The number of piperidine rings is 1. The molecule has 0 bridgehead atoms. The highest BCUT2D eigenvalue weighted by molar-refractivity contribution is 14.0. The van der Waals surface area contributed by atoms with Gasteiger partial charge in [0, 0.05) is 31.7 Å². The average molecular weight is 422 g/mol. The van der Waals surface area contributed by atoms with E-state index >= 15 is 0 Å². The first kappa shape index (κ1) is 20.0. The normalized spacial score (nSPS) is 27.5. The lowest BCUT2D eigenvalue weighted by atomic mass is 9.92. The molecule has 0 aromatic carbocycles. The summed E-state index contributed by atoms with van der Waals surface area (Å²) < 4.78 is 0. The van der Waals surface area contributed by atoms with Crippen molar-refractivity contribution in [3.63, 3.8) is 0 Å². The van der Waals surface area contributed by atoms with Gasteiger partial charge in [-0.2, -0.15) is 0 Å². The van der Waals surface area contributed by atoms with Crippen LogP contribution in [0.1, 0.15) is 47.0 Å². The molecule has 22 heavy (non-hydrogen) atoms. The molecule has 0 aromatic heterocycles. The monoisotopic (exact) mass is 422 g/mol. The van der Waals surface area contributed by atoms with Crippen LogP contribution in [0.3, 0.4) is 0 Å². The largest absolute Gasteiger partial charge is 0.357 e. The fourth-order valence-corrected chi connectivity index (χ4v) is 3.45. The molecule has 130 valence electrons. The molecule has 3 atom stereocenters. The molecule has 1 saturated heterocycles. The van der Waals surface area contributed by atoms with Crippen LogP contribution in [0.4, 0.5) is 0 Å². The molecular weight excluding hydrogens is 387 g/mol. The molecular formula is C17H35IN4. The van der Waals surface area contributed by atoms with Gasteiger partial charge in [0.05, 0.1) is 6.54 Å². The molecule has 2 aliphatic rings. The summed E-state index contributed by atoms with van der Waals surface area (Å²) in [4.78, 5) is 9.89. The van der Waals surface area contributed by atoms with E-state index in [2.05, 4.69) is 49.9 Å². The molecule has 2 rings (SSSR count). The van der Waals surface area contributed by atoms with Gasteiger partial charge in [0.2, 0.25) is 0 Å². The number of hydrogen-bond acceptors (Lipinski definition) is 2. The van der Waals surface area contributed by atoms with Gasteiger partial charge in [0.15, 0.2) is 5.96 Å². The van der Waals surface area contributed by atoms with E-state index < -0.39 is 0 Å². The smallest absolute Gasteiger partial charge is 0.193 e. The van der Waals surface area contributed by atoms with Crippen LogP contribution < -0.4 is 5.32 Å². The van der Waals surface area contributed by atoms with Gasteiger partial charge in [-0.1, -0.05) is 13.8 Å². The Hall–Kier alpha value is -0.0400. The Labute approximate surface area is 154 Å². The van der Waals surface area contributed by atoms with Gasteiger partial charge in [-0.3, -0.25) is 9.89 Å². The van der Waals surface area contributed by atoms with Crippen LogP contribution in [-0.4, -0.2) is 61.1 Å². The topological polar surface area (TPSA) is 30.9 Å². The minimum Gasteiger partial charge on any atom is -0.357 e. The Morgan fingerprint density at radius 1 is 1.27 bits per heavy atom. The second-order valence-corrected chi connectivity index (χ2v) is 7.29. The zero-order chi connectivity index (χ0) is 15.4. The van der Waals surface area contributed by atoms with Crippen LogP contribution in [0.15, 0.2) is 4.99 Å². The number of nitrogens with zero attached hydrogens (tertiary/aromatic N) is 3. The molecule has 5 heteroatoms. The fraction of sp³-hybridized carbons (Fsp3) is 0.941. The van der Waals surface area contributed by atoms with E-state index in [1.54, 1.807) is 0 Å². The maximum Gasteiger partial charge on any atom is 0.193 e. The van der Waals surface area contributed by atoms with E-state index in [1.807, 2.05) is 0 Å². The van der Waals surface area contributed by atoms with Gasteiger partial charge in [0.25, 0.3) is 0 Å². The molecule has 0 spiro atoms. The molecule has 1 N–H and O–H groups in total. The van der Waals surface area contributed by atoms with Crippen LogP contribution in [0, 0.1) is 11.8 Å². The quantitative estimate of drug-likeness (QED) is 0.420. The number of rotatable bonds is 5. The SMILES string of the molecule is CCNC(=NCC(C)N(C)C1CC1)N1CC(C)CC(C)C1.I. The third-order valence-electron chi connectivity index (χ3n) is 4.83. The van der Waals surface area contributed by atoms with Crippen molar-refractivity contribution < 1.29 is 0 Å². The fourth-order valence-electron chi connectivity index (χ4n) is 3.45. The predicted molar refractivity (Wildman–Crippen MR) is 106 cm³/mol. The molecule has 1 aliphatic carbocycles. The van der Waals surface area contributed by atoms with Gasteiger partial charge in [-0.15, -0.1) is 24.0 Å². The summed E-state index contributed by atoms with van der Waals surface area (Å²) in [6, 6.07) is 1.35. The molecule has 0 radical (unpaired) electrons. The maximum atomic E-state index is 4.93. The Balaban J connectivity index is 0.00000242. The standard InChI is InChI=1S/C17H34N4.HI/c1-6-18-17(21-11-13(2)9-14(3)12-21)19-10-15(4)20(5)16-7-8-16;/h13-16H,6-12H2,1-5H3,(H,18,19);1H. The molecule has 1 aliphatic heterocycles. The van der Waals surface area contributed by atoms with E-state index in [1.165, 1.54) is 19.3 Å². The van der Waals surface area contributed by atoms with E-state index in [9.17, 15) is 0 Å². The molecule has 0 amide bonds. The Morgan fingerprint density at radius 3 is 2.36 bits per heavy atom. The van der Waals surface area contributed by atoms with Crippen molar-refractivity contribution in [2.24, 2.45) is 16.8 Å². The summed E-state index contributed by atoms with van der Waals surface area (Å²) in [5.41, 5.74) is 0. The lowest BCUT2D eigenvalue weighted by molar-refractivity contribution is 0.207. The average Bonchev–Trinajstić information content (AvgIpc) is 3.25. The molecule has 0 aromatic rings. The van der Waals surface area contributed by atoms with Crippen molar-refractivity contribution in [2.75, 3.05) is 33.2 Å². The summed E-state index contributed by atoms with van der Waals surface area (Å²) in [5.74, 6) is 2.65. The number of guanidine groups is 1. The second-order valence-electron chi connectivity index (χ2n) is 7.29. The zero-order valence-corrected chi connectivity index (χ0v) is 17.3. The summed E-state index contributed by atoms with van der Waals surface area (Å²) in [6.07, 6.45) is 4.08. The van der Waals surface area contributed by atoms with Gasteiger partial charge in [-0.25, -0.2) is 0 Å². The summed E-state index contributed by atoms with van der Waals surface area (Å²) >= 11 is 0. The number of aliphatic imine (C=N–C) groups is 1. The summed E-state index contributed by atoms with van der Waals surface area (Å²) in [5, 5.41) is 3.49. The van der Waals surface area contributed by atoms with Crippen molar-refractivity contribution >= 4 is 29.9 Å². The zero-order valence-electron chi connectivity index (χ0n) is 15.0. The third kappa shape index (κ3) is 5.87. The van der Waals surface area contributed by atoms with E-state index in [4.69, 9.17) is 4.99 Å². The van der Waals surface area contributed by atoms with Crippen LogP contribution >= 0.6 is 24.0 Å². The van der Waals surface area contributed by atoms with Gasteiger partial charge >= 0.3 is 0 Å². The second kappa shape index (κ2) is 9.30. The molecule has 1 heterocycles. The molecule has 3 unspecified atom stereocenters.